The van der Waals surface area contributed by atoms with Gasteiger partial charge in [0.25, 0.3) is 0 Å². The van der Waals surface area contributed by atoms with Crippen LogP contribution in [0.5, 0.6) is 5.75 Å². The molecule has 0 radical (unpaired) electrons. The molecule has 0 aliphatic heterocycles. The van der Waals surface area contributed by atoms with Crippen molar-refractivity contribution in [1.82, 2.24) is 0 Å². The molecule has 1 aromatic rings. The Morgan fingerprint density at radius 3 is 2.67 bits per heavy atom. The lowest BCUT2D eigenvalue weighted by atomic mass is 9.95. The van der Waals surface area contributed by atoms with Crippen LogP contribution in [0.1, 0.15) is 27.0 Å². The van der Waals surface area contributed by atoms with Gasteiger partial charge in [-0.15, -0.1) is 0 Å². The molecule has 2 N–H and O–H groups in total. The summed E-state index contributed by atoms with van der Waals surface area (Å²) in [5.41, 5.74) is 3.22. The van der Waals surface area contributed by atoms with Gasteiger partial charge >= 0.3 is 0 Å². The lowest BCUT2D eigenvalue weighted by Gasteiger charge is -2.16. The van der Waals surface area contributed by atoms with Crippen LogP contribution in [-0.4, -0.2) is 35.8 Å². The number of hydrogen-bond donors (Lipinski definition) is 2. The zero-order valence-corrected chi connectivity index (χ0v) is 10.3. The Bertz CT molecular complexity index is 503. The summed E-state index contributed by atoms with van der Waals surface area (Å²) in [6, 6.07) is 1.80. The van der Waals surface area contributed by atoms with Crippen molar-refractivity contribution in [3.8, 4) is 5.75 Å². The minimum absolute atomic E-state index is 0.00324. The molecule has 4 heteroatoms. The van der Waals surface area contributed by atoms with Crippen molar-refractivity contribution < 1.29 is 19.7 Å². The largest absolute Gasteiger partial charge is 0.491 e. The summed E-state index contributed by atoms with van der Waals surface area (Å²) in [5.74, 6) is 0.629. The first kappa shape index (κ1) is 12.8. The quantitative estimate of drug-likeness (QED) is 0.819. The third-order valence-electron chi connectivity index (χ3n) is 3.07. The van der Waals surface area contributed by atoms with Crippen molar-refractivity contribution in [3.05, 3.63) is 34.4 Å². The van der Waals surface area contributed by atoms with Crippen LogP contribution in [0.15, 0.2) is 12.1 Å². The zero-order valence-electron chi connectivity index (χ0n) is 10.3. The van der Waals surface area contributed by atoms with Crippen LogP contribution in [0.2, 0.25) is 0 Å². The summed E-state index contributed by atoms with van der Waals surface area (Å²) in [7, 11) is 0. The lowest BCUT2D eigenvalue weighted by Crippen LogP contribution is -2.09. The fourth-order valence-electron chi connectivity index (χ4n) is 2.27. The minimum atomic E-state index is -0.0660. The van der Waals surface area contributed by atoms with E-state index in [1.807, 2.05) is 6.92 Å². The molecule has 0 amide bonds. The van der Waals surface area contributed by atoms with Crippen LogP contribution < -0.4 is 4.74 Å². The molecule has 0 aromatic heterocycles. The first-order valence-corrected chi connectivity index (χ1v) is 5.92. The van der Waals surface area contributed by atoms with Crippen molar-refractivity contribution in [2.75, 3.05) is 19.8 Å². The highest BCUT2D eigenvalue weighted by Crippen LogP contribution is 2.33. The first-order valence-electron chi connectivity index (χ1n) is 5.92. The van der Waals surface area contributed by atoms with Gasteiger partial charge in [-0.3, -0.25) is 4.79 Å². The molecule has 0 bridgehead atoms. The van der Waals surface area contributed by atoms with E-state index in [4.69, 9.17) is 14.9 Å². The van der Waals surface area contributed by atoms with Crippen LogP contribution >= 0.6 is 0 Å². The molecule has 0 saturated heterocycles. The highest BCUT2D eigenvalue weighted by Gasteiger charge is 2.21. The van der Waals surface area contributed by atoms with E-state index in [1.165, 1.54) is 6.08 Å². The molecule has 1 aliphatic rings. The Hall–Kier alpha value is -1.65. The van der Waals surface area contributed by atoms with E-state index in [-0.39, 0.29) is 25.6 Å². The third kappa shape index (κ3) is 2.17. The number of aliphatic hydroxyl groups excluding tert-OH is 2. The monoisotopic (exact) mass is 248 g/mol. The molecule has 0 saturated carbocycles. The summed E-state index contributed by atoms with van der Waals surface area (Å²) in [4.78, 5) is 11.7. The number of rotatable bonds is 5. The van der Waals surface area contributed by atoms with Crippen molar-refractivity contribution in [2.45, 2.75) is 13.3 Å². The van der Waals surface area contributed by atoms with E-state index in [9.17, 15) is 4.79 Å². The van der Waals surface area contributed by atoms with Gasteiger partial charge in [0.1, 0.15) is 12.4 Å². The van der Waals surface area contributed by atoms with Gasteiger partial charge < -0.3 is 14.9 Å². The summed E-state index contributed by atoms with van der Waals surface area (Å²) < 4.78 is 5.47. The molecule has 18 heavy (non-hydrogen) atoms. The Morgan fingerprint density at radius 1 is 1.22 bits per heavy atom. The van der Waals surface area contributed by atoms with Crippen LogP contribution in [0.3, 0.4) is 0 Å². The summed E-state index contributed by atoms with van der Waals surface area (Å²) in [6.07, 6.45) is 3.74. The van der Waals surface area contributed by atoms with Crippen molar-refractivity contribution in [1.29, 1.82) is 0 Å². The molecular formula is C14H16O4. The Balaban J connectivity index is 2.48. The predicted molar refractivity (Wildman–Crippen MR) is 67.9 cm³/mol. The third-order valence-corrected chi connectivity index (χ3v) is 3.07. The number of carbonyl (C=O) groups is 1. The van der Waals surface area contributed by atoms with E-state index in [0.29, 0.717) is 17.7 Å². The SMILES string of the molecule is Cc1c(CCO)c(OCCO)cc2c1C(=O)C=C2. The minimum Gasteiger partial charge on any atom is -0.491 e. The van der Waals surface area contributed by atoms with Crippen LogP contribution in [0, 0.1) is 6.92 Å². The molecule has 1 aliphatic carbocycles. The molecule has 1 aromatic carbocycles. The molecule has 0 unspecified atom stereocenters. The molecule has 0 atom stereocenters. The molecule has 2 rings (SSSR count). The van der Waals surface area contributed by atoms with E-state index < -0.39 is 0 Å². The average Bonchev–Trinajstić information content (AvgIpc) is 2.72. The summed E-state index contributed by atoms with van der Waals surface area (Å²) in [6.45, 7) is 2.00. The molecule has 0 heterocycles. The van der Waals surface area contributed by atoms with Gasteiger partial charge in [0.2, 0.25) is 0 Å². The fourth-order valence-corrected chi connectivity index (χ4v) is 2.27. The number of fused-ring (bicyclic) bond motifs is 1. The van der Waals surface area contributed by atoms with Gasteiger partial charge in [-0.2, -0.15) is 0 Å². The zero-order chi connectivity index (χ0) is 13.1. The second kappa shape index (κ2) is 5.33. The Morgan fingerprint density at radius 2 is 2.00 bits per heavy atom. The topological polar surface area (TPSA) is 66.8 Å². The Kier molecular flexibility index (Phi) is 3.79. The van der Waals surface area contributed by atoms with Crippen LogP contribution in [0.25, 0.3) is 6.08 Å². The maximum atomic E-state index is 11.7. The molecule has 96 valence electrons. The van der Waals surface area contributed by atoms with Gasteiger partial charge in [0.05, 0.1) is 6.61 Å². The van der Waals surface area contributed by atoms with E-state index in [1.54, 1.807) is 12.1 Å². The van der Waals surface area contributed by atoms with E-state index in [0.717, 1.165) is 16.7 Å². The number of ketones is 1. The summed E-state index contributed by atoms with van der Waals surface area (Å²) in [5, 5.41) is 17.9. The van der Waals surface area contributed by atoms with E-state index in [2.05, 4.69) is 0 Å². The van der Waals surface area contributed by atoms with Gasteiger partial charge in [-0.25, -0.2) is 0 Å². The standard InChI is InChI=1S/C14H16O4/c1-9-11(4-5-15)13(18-7-6-16)8-10-2-3-12(17)14(9)10/h2-3,8,15-16H,4-7H2,1H3. The maximum absolute atomic E-state index is 11.7. The van der Waals surface area contributed by atoms with Crippen LogP contribution in [0.4, 0.5) is 0 Å². The molecule has 0 spiro atoms. The van der Waals surface area contributed by atoms with Crippen molar-refractivity contribution in [3.63, 3.8) is 0 Å². The fraction of sp³-hybridized carbons (Fsp3) is 0.357. The molecular weight excluding hydrogens is 232 g/mol. The normalized spacial score (nSPS) is 12.9. The molecule has 0 fully saturated rings. The van der Waals surface area contributed by atoms with E-state index >= 15 is 0 Å². The highest BCUT2D eigenvalue weighted by atomic mass is 16.5. The number of benzene rings is 1. The number of ether oxygens (including phenoxy) is 1. The second-order valence-electron chi connectivity index (χ2n) is 4.19. The lowest BCUT2D eigenvalue weighted by molar-refractivity contribution is 0.104. The van der Waals surface area contributed by atoms with Gasteiger partial charge in [0.15, 0.2) is 5.78 Å². The average molecular weight is 248 g/mol. The maximum Gasteiger partial charge on any atom is 0.186 e. The number of carbonyl (C=O) groups excluding carboxylic acids is 1. The second-order valence-corrected chi connectivity index (χ2v) is 4.19. The number of hydrogen-bond acceptors (Lipinski definition) is 4. The van der Waals surface area contributed by atoms with Crippen molar-refractivity contribution >= 4 is 11.9 Å². The van der Waals surface area contributed by atoms with Crippen molar-refractivity contribution in [2.24, 2.45) is 0 Å². The first-order chi connectivity index (χ1) is 8.69. The smallest absolute Gasteiger partial charge is 0.186 e. The summed E-state index contributed by atoms with van der Waals surface area (Å²) >= 11 is 0. The highest BCUT2D eigenvalue weighted by molar-refractivity contribution is 6.15. The van der Waals surface area contributed by atoms with Gasteiger partial charge in [0, 0.05) is 17.7 Å². The van der Waals surface area contributed by atoms with Crippen LogP contribution in [-0.2, 0) is 6.42 Å². The van der Waals surface area contributed by atoms with Gasteiger partial charge in [-0.1, -0.05) is 6.08 Å². The predicted octanol–water partition coefficient (Wildman–Crippen LogP) is 1.11. The Labute approximate surface area is 106 Å². The van der Waals surface area contributed by atoms with Gasteiger partial charge in [-0.05, 0) is 36.6 Å². The number of allylic oxidation sites excluding steroid dienone is 1. The number of aliphatic hydroxyl groups is 2. The molecule has 4 nitrogen and oxygen atoms in total.